The van der Waals surface area contributed by atoms with Crippen LogP contribution in [0.3, 0.4) is 0 Å². The second kappa shape index (κ2) is 14.3. The first-order valence-corrected chi connectivity index (χ1v) is 11.0. The number of carboxylic acids is 2. The van der Waals surface area contributed by atoms with E-state index in [1.165, 1.54) is 24.6 Å². The Balaban J connectivity index is 0.000000852. The summed E-state index contributed by atoms with van der Waals surface area (Å²) >= 11 is 0. The molecular weight excluding hydrogens is 451 g/mol. The predicted octanol–water partition coefficient (Wildman–Crippen LogP) is 1.56. The topological polar surface area (TPSA) is 162 Å². The first-order chi connectivity index (χ1) is 15.9. The maximum atomic E-state index is 13.5. The molecule has 1 atom stereocenters. The Hall–Kier alpha value is -3.05. The summed E-state index contributed by atoms with van der Waals surface area (Å²) in [6.45, 7) is 4.21. The number of nitrogens with one attached hydrogen (secondary N) is 2. The minimum atomic E-state index is -1.82. The fourth-order valence-electron chi connectivity index (χ4n) is 3.21. The number of carbonyl (C=O) groups is 4. The number of carboxylic acid groups (broad SMARTS) is 2. The third-order valence-electron chi connectivity index (χ3n) is 5.18. The molecule has 0 heterocycles. The Morgan fingerprint density at radius 2 is 1.68 bits per heavy atom. The maximum Gasteiger partial charge on any atom is 0.414 e. The van der Waals surface area contributed by atoms with Crippen LogP contribution in [0.4, 0.5) is 4.39 Å². The average Bonchev–Trinajstić information content (AvgIpc) is 2.81. The fraction of sp³-hybridized carbons (Fsp3) is 0.565. The molecule has 1 aliphatic rings. The lowest BCUT2D eigenvalue weighted by Crippen LogP contribution is -2.52. The van der Waals surface area contributed by atoms with E-state index < -0.39 is 35.4 Å². The number of hydrogen-bond donors (Lipinski definition) is 5. The number of amides is 1. The van der Waals surface area contributed by atoms with Crippen LogP contribution in [-0.4, -0.2) is 70.5 Å². The number of benzene rings is 1. The van der Waals surface area contributed by atoms with Gasteiger partial charge in [0.25, 0.3) is 0 Å². The minimum Gasteiger partial charge on any atom is -0.473 e. The quantitative estimate of drug-likeness (QED) is 0.259. The van der Waals surface area contributed by atoms with Gasteiger partial charge >= 0.3 is 17.9 Å². The molecule has 11 heteroatoms. The third kappa shape index (κ3) is 11.2. The Morgan fingerprint density at radius 3 is 2.24 bits per heavy atom. The molecule has 1 saturated carbocycles. The number of β-amino-alcohol motifs (C(OH)–C–C–N with tert-alkyl or cyclic N) is 1. The molecule has 1 fully saturated rings. The standard InChI is InChI=1S/C21H31FN2O4.C2H2O4/c1-21(2,14-23-19(26)15-8-4-3-5-9-15)24-12-16(25)13-28-20(27)17-10-6-7-11-18(17)22;3-1(4)2(5)6/h6-7,10-11,15-16,24-25H,3-5,8-9,12-14H2,1-2H3,(H,23,26);(H,3,4)(H,5,6). The lowest BCUT2D eigenvalue weighted by Gasteiger charge is -2.29. The zero-order valence-corrected chi connectivity index (χ0v) is 19.4. The Kier molecular flexibility index (Phi) is 12.2. The van der Waals surface area contributed by atoms with Gasteiger partial charge in [-0.05, 0) is 38.8 Å². The number of rotatable bonds is 9. The van der Waals surface area contributed by atoms with Gasteiger partial charge in [-0.25, -0.2) is 18.8 Å². The molecule has 5 N–H and O–H groups in total. The van der Waals surface area contributed by atoms with E-state index in [9.17, 15) is 19.1 Å². The summed E-state index contributed by atoms with van der Waals surface area (Å²) in [5.74, 6) is -4.92. The number of esters is 1. The Bertz CT molecular complexity index is 828. The number of carbonyl (C=O) groups excluding carboxylic acids is 2. The second-order valence-corrected chi connectivity index (χ2v) is 8.66. The number of ether oxygens (including phenoxy) is 1. The van der Waals surface area contributed by atoms with Crippen molar-refractivity contribution in [1.29, 1.82) is 0 Å². The van der Waals surface area contributed by atoms with Crippen LogP contribution < -0.4 is 10.6 Å². The van der Waals surface area contributed by atoms with Gasteiger partial charge in [-0.15, -0.1) is 0 Å². The molecular formula is C23H33FN2O8. The molecule has 1 aromatic rings. The molecule has 190 valence electrons. The molecule has 0 aliphatic heterocycles. The van der Waals surface area contributed by atoms with Crippen molar-refractivity contribution >= 4 is 23.8 Å². The SMILES string of the molecule is CC(C)(CNC(=O)C1CCCCC1)NCC(O)COC(=O)c1ccccc1F.O=C(O)C(=O)O. The summed E-state index contributed by atoms with van der Waals surface area (Å²) in [4.78, 5) is 42.3. The molecule has 2 rings (SSSR count). The Labute approximate surface area is 197 Å². The van der Waals surface area contributed by atoms with Crippen LogP contribution in [0.5, 0.6) is 0 Å². The highest BCUT2D eigenvalue weighted by Gasteiger charge is 2.25. The van der Waals surface area contributed by atoms with Gasteiger partial charge < -0.3 is 30.7 Å². The van der Waals surface area contributed by atoms with Crippen LogP contribution in [0.25, 0.3) is 0 Å². The maximum absolute atomic E-state index is 13.5. The molecule has 34 heavy (non-hydrogen) atoms. The third-order valence-corrected chi connectivity index (χ3v) is 5.18. The van der Waals surface area contributed by atoms with Gasteiger partial charge in [-0.3, -0.25) is 4.79 Å². The van der Waals surface area contributed by atoms with Crippen molar-refractivity contribution < 1.29 is 43.6 Å². The van der Waals surface area contributed by atoms with Crippen molar-refractivity contribution in [3.05, 3.63) is 35.6 Å². The molecule has 1 aliphatic carbocycles. The van der Waals surface area contributed by atoms with Crippen molar-refractivity contribution in [3.63, 3.8) is 0 Å². The van der Waals surface area contributed by atoms with Crippen LogP contribution >= 0.6 is 0 Å². The largest absolute Gasteiger partial charge is 0.473 e. The number of aliphatic hydroxyl groups excluding tert-OH is 1. The van der Waals surface area contributed by atoms with Crippen LogP contribution in [0.15, 0.2) is 24.3 Å². The van der Waals surface area contributed by atoms with Crippen molar-refractivity contribution in [2.75, 3.05) is 19.7 Å². The molecule has 1 aromatic carbocycles. The van der Waals surface area contributed by atoms with Gasteiger partial charge in [0, 0.05) is 24.5 Å². The summed E-state index contributed by atoms with van der Waals surface area (Å²) < 4.78 is 18.5. The van der Waals surface area contributed by atoms with E-state index in [1.807, 2.05) is 13.8 Å². The highest BCUT2D eigenvalue weighted by atomic mass is 19.1. The van der Waals surface area contributed by atoms with Gasteiger partial charge in [0.2, 0.25) is 5.91 Å². The van der Waals surface area contributed by atoms with Crippen LogP contribution in [0.1, 0.15) is 56.3 Å². The van der Waals surface area contributed by atoms with Gasteiger partial charge in [-0.2, -0.15) is 0 Å². The van der Waals surface area contributed by atoms with Crippen molar-refractivity contribution in [1.82, 2.24) is 10.6 Å². The molecule has 10 nitrogen and oxygen atoms in total. The smallest absolute Gasteiger partial charge is 0.414 e. The number of hydrogen-bond acceptors (Lipinski definition) is 7. The van der Waals surface area contributed by atoms with Crippen LogP contribution in [-0.2, 0) is 19.1 Å². The summed E-state index contributed by atoms with van der Waals surface area (Å²) in [7, 11) is 0. The van der Waals surface area contributed by atoms with E-state index in [0.717, 1.165) is 25.7 Å². The summed E-state index contributed by atoms with van der Waals surface area (Å²) in [6.07, 6.45) is 4.38. The fourth-order valence-corrected chi connectivity index (χ4v) is 3.21. The van der Waals surface area contributed by atoms with Crippen molar-refractivity contribution in [2.45, 2.75) is 57.6 Å². The van der Waals surface area contributed by atoms with Gasteiger partial charge in [-0.1, -0.05) is 31.4 Å². The molecule has 0 bridgehead atoms. The zero-order chi connectivity index (χ0) is 25.7. The van der Waals surface area contributed by atoms with E-state index in [4.69, 9.17) is 24.5 Å². The summed E-state index contributed by atoms with van der Waals surface area (Å²) in [6, 6.07) is 5.54. The van der Waals surface area contributed by atoms with Gasteiger partial charge in [0.1, 0.15) is 18.5 Å². The van der Waals surface area contributed by atoms with E-state index in [2.05, 4.69) is 10.6 Å². The summed E-state index contributed by atoms with van der Waals surface area (Å²) in [5, 5.41) is 31.0. The van der Waals surface area contributed by atoms with E-state index >= 15 is 0 Å². The zero-order valence-electron chi connectivity index (χ0n) is 19.4. The summed E-state index contributed by atoms with van der Waals surface area (Å²) in [5.41, 5.74) is -0.589. The number of aliphatic hydroxyl groups is 1. The van der Waals surface area contributed by atoms with E-state index in [-0.39, 0.29) is 30.5 Å². The van der Waals surface area contributed by atoms with Gasteiger partial charge in [0.15, 0.2) is 0 Å². The molecule has 0 radical (unpaired) electrons. The first kappa shape index (κ1) is 29.0. The molecule has 1 amide bonds. The predicted molar refractivity (Wildman–Crippen MR) is 120 cm³/mol. The minimum absolute atomic E-state index is 0.0916. The Morgan fingerprint density at radius 1 is 1.09 bits per heavy atom. The van der Waals surface area contributed by atoms with Gasteiger partial charge in [0.05, 0.1) is 5.56 Å². The second-order valence-electron chi connectivity index (χ2n) is 8.66. The average molecular weight is 485 g/mol. The lowest BCUT2D eigenvalue weighted by molar-refractivity contribution is -0.159. The first-order valence-electron chi connectivity index (χ1n) is 11.0. The highest BCUT2D eigenvalue weighted by molar-refractivity contribution is 6.27. The number of halogens is 1. The molecule has 0 spiro atoms. The van der Waals surface area contributed by atoms with Crippen LogP contribution in [0.2, 0.25) is 0 Å². The van der Waals surface area contributed by atoms with E-state index in [1.54, 1.807) is 6.07 Å². The van der Waals surface area contributed by atoms with Crippen molar-refractivity contribution in [2.24, 2.45) is 5.92 Å². The number of aliphatic carboxylic acids is 2. The monoisotopic (exact) mass is 484 g/mol. The van der Waals surface area contributed by atoms with E-state index in [0.29, 0.717) is 6.54 Å². The highest BCUT2D eigenvalue weighted by Crippen LogP contribution is 2.23. The molecule has 0 saturated heterocycles. The molecule has 0 aromatic heterocycles. The van der Waals surface area contributed by atoms with Crippen molar-refractivity contribution in [3.8, 4) is 0 Å². The van der Waals surface area contributed by atoms with Crippen LogP contribution in [0, 0.1) is 11.7 Å². The molecule has 1 unspecified atom stereocenters. The lowest BCUT2D eigenvalue weighted by atomic mass is 9.88. The normalized spacial score (nSPS) is 14.8.